The number of halogens is 1. The van der Waals surface area contributed by atoms with E-state index in [1.54, 1.807) is 48.7 Å². The largest absolute Gasteiger partial charge is 0.487 e. The molecule has 1 amide bonds. The quantitative estimate of drug-likeness (QED) is 0.119. The van der Waals surface area contributed by atoms with E-state index in [0.717, 1.165) is 47.8 Å². The van der Waals surface area contributed by atoms with Gasteiger partial charge in [0.15, 0.2) is 5.75 Å². The fraction of sp³-hybridized carbons (Fsp3) is 0.233. The average molecular weight is 713 g/mol. The fourth-order valence-corrected chi connectivity index (χ4v) is 6.13. The second-order valence-electron chi connectivity index (χ2n) is 13.1. The van der Waals surface area contributed by atoms with Crippen molar-refractivity contribution in [2.75, 3.05) is 26.2 Å². The highest BCUT2D eigenvalue weighted by atomic mass is 35.5. The summed E-state index contributed by atoms with van der Waals surface area (Å²) in [7, 11) is 0. The van der Waals surface area contributed by atoms with Crippen LogP contribution in [-0.2, 0) is 17.9 Å². The van der Waals surface area contributed by atoms with E-state index in [0.29, 0.717) is 53.6 Å². The van der Waals surface area contributed by atoms with E-state index in [2.05, 4.69) is 54.1 Å². The van der Waals surface area contributed by atoms with E-state index in [4.69, 9.17) is 31.1 Å². The predicted octanol–water partition coefficient (Wildman–Crippen LogP) is 9.56. The molecule has 0 spiro atoms. The number of ether oxygens (including phenoxy) is 3. The van der Waals surface area contributed by atoms with E-state index >= 15 is 0 Å². The van der Waals surface area contributed by atoms with E-state index < -0.39 is 0 Å². The van der Waals surface area contributed by atoms with Crippen LogP contribution in [0, 0.1) is 18.3 Å². The number of benzene rings is 4. The molecule has 52 heavy (non-hydrogen) atoms. The molecule has 0 bridgehead atoms. The monoisotopic (exact) mass is 712 g/mol. The second kappa shape index (κ2) is 17.1. The number of amides is 1. The van der Waals surface area contributed by atoms with Gasteiger partial charge in [-0.3, -0.25) is 9.69 Å². The molecule has 0 saturated carbocycles. The number of carbonyl (C=O) groups excluding carboxylic acids is 1. The van der Waals surface area contributed by atoms with Gasteiger partial charge >= 0.3 is 0 Å². The lowest BCUT2D eigenvalue weighted by Gasteiger charge is -2.34. The van der Waals surface area contributed by atoms with Crippen molar-refractivity contribution in [1.82, 2.24) is 14.8 Å². The Balaban J connectivity index is 0.950. The van der Waals surface area contributed by atoms with Crippen LogP contribution in [0.2, 0.25) is 5.02 Å². The van der Waals surface area contributed by atoms with Crippen molar-refractivity contribution >= 4 is 23.6 Å². The van der Waals surface area contributed by atoms with Crippen LogP contribution in [0.25, 0.3) is 6.08 Å². The van der Waals surface area contributed by atoms with Gasteiger partial charge < -0.3 is 19.1 Å². The Kier molecular flexibility index (Phi) is 11.9. The van der Waals surface area contributed by atoms with E-state index in [1.807, 2.05) is 54.3 Å². The number of nitriles is 1. The number of piperazine rings is 1. The number of nitrogens with zero attached hydrogens (tertiary/aromatic N) is 4. The SMILES string of the molecule is Cc1cc(/C=C/C(=O)N2CCN(Cc3ccc(Oc4ccc(C(C)C)cc4)cc3)CC2)cc(Cl)c1Oc1ccc(OCc2ccc(C#N)cc2)cn1. The van der Waals surface area contributed by atoms with Crippen LogP contribution in [0.3, 0.4) is 0 Å². The molecule has 1 aliphatic rings. The number of rotatable bonds is 12. The Morgan fingerprint density at radius 1 is 0.865 bits per heavy atom. The molecular formula is C43H41ClN4O4. The lowest BCUT2D eigenvalue weighted by atomic mass is 10.0. The maximum Gasteiger partial charge on any atom is 0.246 e. The Morgan fingerprint density at radius 2 is 1.52 bits per heavy atom. The predicted molar refractivity (Wildman–Crippen MR) is 204 cm³/mol. The Morgan fingerprint density at radius 3 is 2.13 bits per heavy atom. The lowest BCUT2D eigenvalue weighted by molar-refractivity contribution is -0.127. The third-order valence-electron chi connectivity index (χ3n) is 8.87. The molecule has 6 rings (SSSR count). The van der Waals surface area contributed by atoms with Gasteiger partial charge in [0.05, 0.1) is 22.9 Å². The van der Waals surface area contributed by atoms with Crippen molar-refractivity contribution in [1.29, 1.82) is 5.26 Å². The normalized spacial score (nSPS) is 13.3. The van der Waals surface area contributed by atoms with Crippen LogP contribution in [0.4, 0.5) is 0 Å². The third-order valence-corrected chi connectivity index (χ3v) is 9.15. The van der Waals surface area contributed by atoms with Crippen molar-refractivity contribution in [2.24, 2.45) is 0 Å². The summed E-state index contributed by atoms with van der Waals surface area (Å²) in [6.07, 6.45) is 4.98. The highest BCUT2D eigenvalue weighted by Gasteiger charge is 2.20. The highest BCUT2D eigenvalue weighted by Crippen LogP contribution is 2.34. The molecule has 0 atom stereocenters. The minimum atomic E-state index is -0.0256. The summed E-state index contributed by atoms with van der Waals surface area (Å²) >= 11 is 6.62. The van der Waals surface area contributed by atoms with Crippen molar-refractivity contribution in [3.8, 4) is 34.9 Å². The number of aromatic nitrogens is 1. The summed E-state index contributed by atoms with van der Waals surface area (Å²) in [6, 6.07) is 33.0. The molecule has 264 valence electrons. The third kappa shape index (κ3) is 9.79. The molecule has 4 aromatic carbocycles. The van der Waals surface area contributed by atoms with Crippen molar-refractivity contribution < 1.29 is 19.0 Å². The fourth-order valence-electron chi connectivity index (χ4n) is 5.82. The van der Waals surface area contributed by atoms with Crippen LogP contribution in [0.1, 0.15) is 53.1 Å². The van der Waals surface area contributed by atoms with Gasteiger partial charge in [-0.2, -0.15) is 5.26 Å². The van der Waals surface area contributed by atoms with E-state index in [-0.39, 0.29) is 5.91 Å². The number of carbonyl (C=O) groups is 1. The summed E-state index contributed by atoms with van der Waals surface area (Å²) in [6.45, 7) is 10.4. The zero-order valence-corrected chi connectivity index (χ0v) is 30.3. The minimum absolute atomic E-state index is 0.0256. The van der Waals surface area contributed by atoms with Crippen molar-refractivity contribution in [3.05, 3.63) is 148 Å². The molecule has 1 aliphatic heterocycles. The minimum Gasteiger partial charge on any atom is -0.487 e. The molecule has 8 nitrogen and oxygen atoms in total. The first-order valence-corrected chi connectivity index (χ1v) is 17.7. The first-order valence-electron chi connectivity index (χ1n) is 17.3. The molecule has 0 aliphatic carbocycles. The van der Waals surface area contributed by atoms with Crippen LogP contribution >= 0.6 is 11.6 Å². The number of hydrogen-bond acceptors (Lipinski definition) is 7. The molecule has 1 saturated heterocycles. The van der Waals surface area contributed by atoms with Gasteiger partial charge in [0, 0.05) is 44.9 Å². The Bertz CT molecular complexity index is 2010. The van der Waals surface area contributed by atoms with Gasteiger partial charge in [0.2, 0.25) is 11.8 Å². The molecule has 1 aromatic heterocycles. The second-order valence-corrected chi connectivity index (χ2v) is 13.5. The Labute approximate surface area is 310 Å². The number of pyridine rings is 1. The molecule has 0 radical (unpaired) electrons. The zero-order valence-electron chi connectivity index (χ0n) is 29.6. The first kappa shape index (κ1) is 36.2. The molecule has 1 fully saturated rings. The standard InChI is InChI=1S/C43H41ClN4O4/c1-30(2)36-11-15-38(16-12-36)51-37-13-8-33(9-14-37)28-47-20-22-48(23-21-47)42(49)19-10-35-24-31(3)43(40(44)25-35)52-41-18-17-39(27-46-41)50-29-34-6-4-32(26-45)5-7-34/h4-19,24-25,27,30H,20-23,28-29H2,1-3H3/b19-10+. The number of aryl methyl sites for hydroxylation is 1. The summed E-state index contributed by atoms with van der Waals surface area (Å²) in [5.74, 6) is 3.57. The van der Waals surface area contributed by atoms with Gasteiger partial charge in [-0.05, 0) is 101 Å². The van der Waals surface area contributed by atoms with Crippen LogP contribution in [0.15, 0.2) is 109 Å². The van der Waals surface area contributed by atoms with Crippen LogP contribution in [-0.4, -0.2) is 46.9 Å². The maximum atomic E-state index is 13.1. The van der Waals surface area contributed by atoms with Gasteiger partial charge in [-0.25, -0.2) is 4.98 Å². The van der Waals surface area contributed by atoms with Crippen molar-refractivity contribution in [3.63, 3.8) is 0 Å². The smallest absolute Gasteiger partial charge is 0.246 e. The maximum absolute atomic E-state index is 13.1. The summed E-state index contributed by atoms with van der Waals surface area (Å²) in [5.41, 5.74) is 5.68. The first-order chi connectivity index (χ1) is 25.2. The zero-order chi connectivity index (χ0) is 36.5. The van der Waals surface area contributed by atoms with Gasteiger partial charge in [0.25, 0.3) is 0 Å². The average Bonchev–Trinajstić information content (AvgIpc) is 3.16. The number of hydrogen-bond donors (Lipinski definition) is 0. The van der Waals surface area contributed by atoms with Gasteiger partial charge in [-0.15, -0.1) is 0 Å². The molecule has 9 heteroatoms. The van der Waals surface area contributed by atoms with Crippen molar-refractivity contribution in [2.45, 2.75) is 39.8 Å². The van der Waals surface area contributed by atoms with E-state index in [9.17, 15) is 4.79 Å². The summed E-state index contributed by atoms with van der Waals surface area (Å²) in [5, 5.41) is 9.37. The van der Waals surface area contributed by atoms with Crippen LogP contribution < -0.4 is 14.2 Å². The molecule has 2 heterocycles. The lowest BCUT2D eigenvalue weighted by Crippen LogP contribution is -2.47. The highest BCUT2D eigenvalue weighted by molar-refractivity contribution is 6.32. The van der Waals surface area contributed by atoms with Crippen LogP contribution in [0.5, 0.6) is 28.9 Å². The van der Waals surface area contributed by atoms with Gasteiger partial charge in [0.1, 0.15) is 23.9 Å². The topological polar surface area (TPSA) is 87.9 Å². The summed E-state index contributed by atoms with van der Waals surface area (Å²) in [4.78, 5) is 21.7. The molecule has 0 N–H and O–H groups in total. The van der Waals surface area contributed by atoms with Gasteiger partial charge in [-0.1, -0.05) is 61.8 Å². The summed E-state index contributed by atoms with van der Waals surface area (Å²) < 4.78 is 17.9. The molecule has 0 unspecified atom stereocenters. The van der Waals surface area contributed by atoms with E-state index in [1.165, 1.54) is 11.1 Å². The molecular weight excluding hydrogens is 672 g/mol. The Hall–Kier alpha value is -5.62. The molecule has 5 aromatic rings.